The molecule has 1 aromatic rings. The van der Waals surface area contributed by atoms with E-state index in [0.29, 0.717) is 37.8 Å². The first-order valence-corrected chi connectivity index (χ1v) is 6.48. The highest BCUT2D eigenvalue weighted by Crippen LogP contribution is 2.35. The molecule has 6 heteroatoms. The molecule has 3 heterocycles. The van der Waals surface area contributed by atoms with Crippen molar-refractivity contribution in [3.05, 3.63) is 11.7 Å². The lowest BCUT2D eigenvalue weighted by Gasteiger charge is -2.29. The van der Waals surface area contributed by atoms with Gasteiger partial charge in [0.2, 0.25) is 11.7 Å². The summed E-state index contributed by atoms with van der Waals surface area (Å²) in [4.78, 5) is 4.48. The normalized spacial score (nSPS) is 31.7. The van der Waals surface area contributed by atoms with Crippen molar-refractivity contribution in [1.29, 1.82) is 0 Å². The zero-order valence-electron chi connectivity index (χ0n) is 10.6. The van der Waals surface area contributed by atoms with Crippen LogP contribution < -0.4 is 5.73 Å². The number of rotatable bonds is 2. The first-order chi connectivity index (χ1) is 8.62. The van der Waals surface area contributed by atoms with E-state index in [1.807, 2.05) is 6.92 Å². The van der Waals surface area contributed by atoms with Gasteiger partial charge >= 0.3 is 0 Å². The Labute approximate surface area is 106 Å². The summed E-state index contributed by atoms with van der Waals surface area (Å²) in [6, 6.07) is 0. The van der Waals surface area contributed by atoms with Gasteiger partial charge in [0.1, 0.15) is 11.1 Å². The highest BCUT2D eigenvalue weighted by molar-refractivity contribution is 5.08. The highest BCUT2D eigenvalue weighted by Gasteiger charge is 2.40. The van der Waals surface area contributed by atoms with Gasteiger partial charge in [0.25, 0.3) is 0 Å². The van der Waals surface area contributed by atoms with E-state index in [1.165, 1.54) is 0 Å². The van der Waals surface area contributed by atoms with Crippen LogP contribution in [-0.2, 0) is 20.6 Å². The molecule has 0 radical (unpaired) electrons. The van der Waals surface area contributed by atoms with Crippen LogP contribution in [0.1, 0.15) is 44.3 Å². The smallest absolute Gasteiger partial charge is 0.247 e. The molecule has 0 saturated carbocycles. The fourth-order valence-electron chi connectivity index (χ4n) is 2.55. The summed E-state index contributed by atoms with van der Waals surface area (Å²) in [5.41, 5.74) is 5.36. The first-order valence-electron chi connectivity index (χ1n) is 6.48. The van der Waals surface area contributed by atoms with Gasteiger partial charge in [-0.15, -0.1) is 0 Å². The summed E-state index contributed by atoms with van der Waals surface area (Å²) >= 11 is 0. The van der Waals surface area contributed by atoms with Crippen molar-refractivity contribution in [1.82, 2.24) is 10.1 Å². The maximum Gasteiger partial charge on any atom is 0.247 e. The lowest BCUT2D eigenvalue weighted by Crippen LogP contribution is -2.42. The van der Waals surface area contributed by atoms with Crippen molar-refractivity contribution in [3.8, 4) is 0 Å². The Morgan fingerprint density at radius 2 is 1.94 bits per heavy atom. The molecule has 100 valence electrons. The molecule has 3 rings (SSSR count). The predicted molar refractivity (Wildman–Crippen MR) is 62.8 cm³/mol. The third-order valence-electron chi connectivity index (χ3n) is 3.93. The van der Waals surface area contributed by atoms with Crippen LogP contribution in [0.2, 0.25) is 0 Å². The quantitative estimate of drug-likeness (QED) is 0.848. The Morgan fingerprint density at radius 1 is 1.17 bits per heavy atom. The van der Waals surface area contributed by atoms with Gasteiger partial charge in [-0.1, -0.05) is 5.16 Å². The van der Waals surface area contributed by atoms with E-state index in [1.54, 1.807) is 0 Å². The standard InChI is InChI=1S/C12H19N3O3/c1-11(3-2-6-17-11)9-14-10(18-15-9)12(13)4-7-16-8-5-12/h2-8,13H2,1H3. The number of hydrogen-bond donors (Lipinski definition) is 1. The molecule has 2 fully saturated rings. The minimum Gasteiger partial charge on any atom is -0.381 e. The second-order valence-electron chi connectivity index (χ2n) is 5.37. The third-order valence-corrected chi connectivity index (χ3v) is 3.93. The van der Waals surface area contributed by atoms with E-state index in [2.05, 4.69) is 10.1 Å². The summed E-state index contributed by atoms with van der Waals surface area (Å²) in [6.45, 7) is 4.04. The lowest BCUT2D eigenvalue weighted by atomic mass is 9.91. The molecule has 1 aromatic heterocycles. The Bertz CT molecular complexity index is 420. The SMILES string of the molecule is CC1(c2noc(C3(N)CCOCC3)n2)CCCO1. The van der Waals surface area contributed by atoms with Crippen molar-refractivity contribution >= 4 is 0 Å². The molecule has 1 unspecified atom stereocenters. The molecule has 2 aliphatic rings. The van der Waals surface area contributed by atoms with Crippen LogP contribution in [0.25, 0.3) is 0 Å². The van der Waals surface area contributed by atoms with E-state index in [9.17, 15) is 0 Å². The van der Waals surface area contributed by atoms with Crippen LogP contribution in [0.4, 0.5) is 0 Å². The third kappa shape index (κ3) is 1.94. The molecule has 0 spiro atoms. The fourth-order valence-corrected chi connectivity index (χ4v) is 2.55. The second kappa shape index (κ2) is 4.29. The largest absolute Gasteiger partial charge is 0.381 e. The van der Waals surface area contributed by atoms with E-state index >= 15 is 0 Å². The maximum absolute atomic E-state index is 6.32. The van der Waals surface area contributed by atoms with Gasteiger partial charge in [-0.3, -0.25) is 0 Å². The van der Waals surface area contributed by atoms with Crippen molar-refractivity contribution in [2.24, 2.45) is 5.73 Å². The number of ether oxygens (including phenoxy) is 2. The molecule has 1 atom stereocenters. The number of nitrogens with two attached hydrogens (primary N) is 1. The predicted octanol–water partition coefficient (Wildman–Crippen LogP) is 1.06. The zero-order chi connectivity index (χ0) is 12.6. The Morgan fingerprint density at radius 3 is 2.61 bits per heavy atom. The minimum absolute atomic E-state index is 0.413. The number of hydrogen-bond acceptors (Lipinski definition) is 6. The van der Waals surface area contributed by atoms with Crippen molar-refractivity contribution in [3.63, 3.8) is 0 Å². The van der Waals surface area contributed by atoms with Crippen LogP contribution in [0, 0.1) is 0 Å². The molecule has 0 aliphatic carbocycles. The van der Waals surface area contributed by atoms with Gasteiger partial charge in [-0.25, -0.2) is 0 Å². The van der Waals surface area contributed by atoms with Crippen LogP contribution >= 0.6 is 0 Å². The average Bonchev–Trinajstić information content (AvgIpc) is 2.99. The maximum atomic E-state index is 6.32. The Kier molecular flexibility index (Phi) is 2.88. The van der Waals surface area contributed by atoms with Gasteiger partial charge in [-0.2, -0.15) is 4.98 Å². The minimum atomic E-state index is -0.543. The van der Waals surface area contributed by atoms with E-state index in [-0.39, 0.29) is 0 Å². The molecule has 2 N–H and O–H groups in total. The topological polar surface area (TPSA) is 83.4 Å². The molecule has 2 aliphatic heterocycles. The van der Waals surface area contributed by atoms with Crippen molar-refractivity contribution in [2.45, 2.75) is 43.7 Å². The monoisotopic (exact) mass is 253 g/mol. The van der Waals surface area contributed by atoms with Crippen LogP contribution in [0.15, 0.2) is 4.52 Å². The molecular weight excluding hydrogens is 234 g/mol. The zero-order valence-corrected chi connectivity index (χ0v) is 10.6. The number of nitrogens with zero attached hydrogens (tertiary/aromatic N) is 2. The lowest BCUT2D eigenvalue weighted by molar-refractivity contribution is 0.00767. The summed E-state index contributed by atoms with van der Waals surface area (Å²) in [7, 11) is 0. The number of aromatic nitrogens is 2. The van der Waals surface area contributed by atoms with Crippen LogP contribution in [0.3, 0.4) is 0 Å². The summed E-state index contributed by atoms with van der Waals surface area (Å²) in [6.07, 6.45) is 3.38. The van der Waals surface area contributed by atoms with E-state index in [4.69, 9.17) is 19.7 Å². The molecule has 2 saturated heterocycles. The van der Waals surface area contributed by atoms with Gasteiger partial charge in [0.15, 0.2) is 0 Å². The molecule has 6 nitrogen and oxygen atoms in total. The van der Waals surface area contributed by atoms with Gasteiger partial charge in [0, 0.05) is 19.8 Å². The van der Waals surface area contributed by atoms with Crippen molar-refractivity contribution in [2.75, 3.05) is 19.8 Å². The summed E-state index contributed by atoms with van der Waals surface area (Å²) in [5.74, 6) is 1.13. The summed E-state index contributed by atoms with van der Waals surface area (Å²) in [5, 5.41) is 4.06. The van der Waals surface area contributed by atoms with Crippen molar-refractivity contribution < 1.29 is 14.0 Å². The Hall–Kier alpha value is -0.980. The highest BCUT2D eigenvalue weighted by atomic mass is 16.5. The molecular formula is C12H19N3O3. The first kappa shape index (κ1) is 12.1. The Balaban J connectivity index is 1.84. The average molecular weight is 253 g/mol. The van der Waals surface area contributed by atoms with Gasteiger partial charge in [0.05, 0.1) is 0 Å². The molecule has 18 heavy (non-hydrogen) atoms. The summed E-state index contributed by atoms with van der Waals surface area (Å²) < 4.78 is 16.4. The molecule has 0 aromatic carbocycles. The molecule has 0 amide bonds. The second-order valence-corrected chi connectivity index (χ2v) is 5.37. The van der Waals surface area contributed by atoms with E-state index < -0.39 is 11.1 Å². The van der Waals surface area contributed by atoms with Gasteiger partial charge in [-0.05, 0) is 32.6 Å². The van der Waals surface area contributed by atoms with Crippen LogP contribution in [-0.4, -0.2) is 30.0 Å². The van der Waals surface area contributed by atoms with Gasteiger partial charge < -0.3 is 19.7 Å². The molecule has 0 bridgehead atoms. The van der Waals surface area contributed by atoms with E-state index in [0.717, 1.165) is 19.4 Å². The fraction of sp³-hybridized carbons (Fsp3) is 0.833. The van der Waals surface area contributed by atoms with Crippen LogP contribution in [0.5, 0.6) is 0 Å².